The molecule has 2 atom stereocenters. The molecule has 1 amide bonds. The minimum atomic E-state index is -0.272. The number of rotatable bonds is 4. The van der Waals surface area contributed by atoms with E-state index >= 15 is 0 Å². The molecule has 4 rings (SSSR count). The lowest BCUT2D eigenvalue weighted by atomic mass is 9.98. The maximum Gasteiger partial charge on any atom is 0.257 e. The van der Waals surface area contributed by atoms with Gasteiger partial charge in [-0.15, -0.1) is 0 Å². The number of carbonyl (C=O) groups is 1. The molecule has 4 nitrogen and oxygen atoms in total. The van der Waals surface area contributed by atoms with Crippen LogP contribution < -0.4 is 0 Å². The first-order valence-electron chi connectivity index (χ1n) is 10.1. The molecule has 2 aliphatic heterocycles. The third-order valence-electron chi connectivity index (χ3n) is 5.81. The molecule has 28 heavy (non-hydrogen) atoms. The van der Waals surface area contributed by atoms with E-state index in [0.29, 0.717) is 19.0 Å². The summed E-state index contributed by atoms with van der Waals surface area (Å²) in [5, 5.41) is 6.33. The molecule has 2 aromatic rings. The number of likely N-dealkylation sites (tertiary alicyclic amines) is 1. The molecule has 2 heterocycles. The number of hydrazone groups is 1. The monoisotopic (exact) mass is 379 g/mol. The van der Waals surface area contributed by atoms with Gasteiger partial charge in [-0.2, -0.15) is 5.10 Å². The lowest BCUT2D eigenvalue weighted by Gasteiger charge is -2.34. The van der Waals surface area contributed by atoms with Crippen LogP contribution in [0.2, 0.25) is 0 Å². The maximum atomic E-state index is 13.4. The molecule has 0 aromatic heterocycles. The van der Waals surface area contributed by atoms with Crippen molar-refractivity contribution in [3.8, 4) is 0 Å². The highest BCUT2D eigenvalue weighted by Gasteiger charge is 2.34. The Bertz CT molecular complexity index is 850. The minimum absolute atomic E-state index is 0.00834. The van der Waals surface area contributed by atoms with Crippen LogP contribution in [0.3, 0.4) is 0 Å². The molecular weight excluding hydrogens is 353 g/mol. The van der Waals surface area contributed by atoms with E-state index in [9.17, 15) is 9.18 Å². The number of nitrogens with zero attached hydrogens (tertiary/aromatic N) is 3. The Morgan fingerprint density at radius 3 is 2.57 bits per heavy atom. The van der Waals surface area contributed by atoms with Crippen LogP contribution in [-0.4, -0.2) is 40.7 Å². The predicted octanol–water partition coefficient (Wildman–Crippen LogP) is 4.38. The molecule has 0 spiro atoms. The summed E-state index contributed by atoms with van der Waals surface area (Å²) in [5.41, 5.74) is 2.84. The van der Waals surface area contributed by atoms with E-state index in [0.717, 1.165) is 36.2 Å². The van der Waals surface area contributed by atoms with Crippen LogP contribution in [0, 0.1) is 5.82 Å². The summed E-state index contributed by atoms with van der Waals surface area (Å²) in [4.78, 5) is 15.4. The number of hydrogen-bond acceptors (Lipinski definition) is 3. The second-order valence-corrected chi connectivity index (χ2v) is 7.74. The highest BCUT2D eigenvalue weighted by atomic mass is 19.1. The first kappa shape index (κ1) is 18.8. The first-order valence-corrected chi connectivity index (χ1v) is 10.1. The third-order valence-corrected chi connectivity index (χ3v) is 5.81. The fraction of sp³-hybridized carbons (Fsp3) is 0.391. The van der Waals surface area contributed by atoms with Crippen LogP contribution in [0.1, 0.15) is 49.8 Å². The molecule has 0 unspecified atom stereocenters. The molecule has 0 saturated carbocycles. The quantitative estimate of drug-likeness (QED) is 0.790. The summed E-state index contributed by atoms with van der Waals surface area (Å²) in [6.45, 7) is 3.52. The van der Waals surface area contributed by atoms with Gasteiger partial charge in [-0.3, -0.25) is 9.69 Å². The zero-order chi connectivity index (χ0) is 19.5. The fourth-order valence-corrected chi connectivity index (χ4v) is 4.13. The predicted molar refractivity (Wildman–Crippen MR) is 108 cm³/mol. The van der Waals surface area contributed by atoms with Crippen molar-refractivity contribution in [3.05, 3.63) is 71.5 Å². The normalized spacial score (nSPS) is 22.9. The van der Waals surface area contributed by atoms with Crippen molar-refractivity contribution in [2.24, 2.45) is 5.10 Å². The first-order chi connectivity index (χ1) is 13.6. The Morgan fingerprint density at radius 2 is 1.86 bits per heavy atom. The van der Waals surface area contributed by atoms with Crippen LogP contribution in [0.4, 0.5) is 4.39 Å². The Hall–Kier alpha value is -2.53. The zero-order valence-electron chi connectivity index (χ0n) is 16.2. The van der Waals surface area contributed by atoms with Gasteiger partial charge in [-0.25, -0.2) is 9.40 Å². The van der Waals surface area contributed by atoms with Crippen LogP contribution >= 0.6 is 0 Å². The number of halogens is 1. The minimum Gasteiger partial charge on any atom is -0.292 e. The summed E-state index contributed by atoms with van der Waals surface area (Å²) in [6.07, 6.45) is 4.13. The molecule has 0 N–H and O–H groups in total. The van der Waals surface area contributed by atoms with E-state index in [-0.39, 0.29) is 17.8 Å². The number of benzene rings is 2. The van der Waals surface area contributed by atoms with Crippen molar-refractivity contribution in [1.82, 2.24) is 9.91 Å². The summed E-state index contributed by atoms with van der Waals surface area (Å²) < 4.78 is 13.4. The Kier molecular flexibility index (Phi) is 5.53. The second-order valence-electron chi connectivity index (χ2n) is 7.74. The standard InChI is InChI=1S/C23H26FN3O/c1-17-7-5-6-14-26(17)16-23(28)27-22(19-10-12-20(24)13-11-19)15-21(25-27)18-8-3-2-4-9-18/h2-4,8-13,17,22H,5-7,14-16H2,1H3/t17-,22+/m1/s1. The van der Waals surface area contributed by atoms with E-state index in [1.54, 1.807) is 17.1 Å². The highest BCUT2D eigenvalue weighted by molar-refractivity contribution is 6.03. The smallest absolute Gasteiger partial charge is 0.257 e. The SMILES string of the molecule is C[C@@H]1CCCCN1CC(=O)N1N=C(c2ccccc2)C[C@H]1c1ccc(F)cc1. The van der Waals surface area contributed by atoms with Gasteiger partial charge in [0.15, 0.2) is 0 Å². The van der Waals surface area contributed by atoms with Gasteiger partial charge in [0.1, 0.15) is 5.82 Å². The molecule has 1 fully saturated rings. The Balaban J connectivity index is 1.60. The zero-order valence-corrected chi connectivity index (χ0v) is 16.2. The van der Waals surface area contributed by atoms with Gasteiger partial charge in [0.2, 0.25) is 0 Å². The van der Waals surface area contributed by atoms with Gasteiger partial charge in [-0.1, -0.05) is 48.9 Å². The third kappa shape index (κ3) is 3.99. The molecule has 1 saturated heterocycles. The van der Waals surface area contributed by atoms with E-state index < -0.39 is 0 Å². The van der Waals surface area contributed by atoms with Crippen molar-refractivity contribution < 1.29 is 9.18 Å². The molecule has 5 heteroatoms. The van der Waals surface area contributed by atoms with Gasteiger partial charge in [-0.05, 0) is 49.6 Å². The molecule has 0 bridgehead atoms. The summed E-state index contributed by atoms with van der Waals surface area (Å²) >= 11 is 0. The number of piperidine rings is 1. The lowest BCUT2D eigenvalue weighted by molar-refractivity contribution is -0.135. The highest BCUT2D eigenvalue weighted by Crippen LogP contribution is 2.33. The molecule has 2 aromatic carbocycles. The van der Waals surface area contributed by atoms with Gasteiger partial charge < -0.3 is 0 Å². The maximum absolute atomic E-state index is 13.4. The summed E-state index contributed by atoms with van der Waals surface area (Å²) in [7, 11) is 0. The van der Waals surface area contributed by atoms with Crippen molar-refractivity contribution >= 4 is 11.6 Å². The average molecular weight is 379 g/mol. The largest absolute Gasteiger partial charge is 0.292 e. The van der Waals surface area contributed by atoms with Gasteiger partial charge in [0.05, 0.1) is 18.3 Å². The van der Waals surface area contributed by atoms with E-state index in [1.165, 1.54) is 18.6 Å². The molecule has 0 aliphatic carbocycles. The van der Waals surface area contributed by atoms with Crippen LogP contribution in [0.25, 0.3) is 0 Å². The van der Waals surface area contributed by atoms with Crippen molar-refractivity contribution in [1.29, 1.82) is 0 Å². The number of carbonyl (C=O) groups excluding carboxylic acids is 1. The van der Waals surface area contributed by atoms with Crippen LogP contribution in [-0.2, 0) is 4.79 Å². The molecule has 2 aliphatic rings. The van der Waals surface area contributed by atoms with Crippen molar-refractivity contribution in [2.75, 3.05) is 13.1 Å². The Labute approximate surface area is 165 Å². The summed E-state index contributed by atoms with van der Waals surface area (Å²) in [5.74, 6) is -0.264. The topological polar surface area (TPSA) is 35.9 Å². The van der Waals surface area contributed by atoms with Crippen LogP contribution in [0.15, 0.2) is 59.7 Å². The van der Waals surface area contributed by atoms with Gasteiger partial charge >= 0.3 is 0 Å². The average Bonchev–Trinajstić information content (AvgIpc) is 3.16. The molecular formula is C23H26FN3O. The molecule has 0 radical (unpaired) electrons. The van der Waals surface area contributed by atoms with Gasteiger partial charge in [0, 0.05) is 12.5 Å². The second kappa shape index (κ2) is 8.23. The Morgan fingerprint density at radius 1 is 1.11 bits per heavy atom. The van der Waals surface area contributed by atoms with Crippen molar-refractivity contribution in [2.45, 2.75) is 44.7 Å². The molecule has 146 valence electrons. The number of hydrogen-bond donors (Lipinski definition) is 0. The van der Waals surface area contributed by atoms with Crippen molar-refractivity contribution in [3.63, 3.8) is 0 Å². The van der Waals surface area contributed by atoms with E-state index in [1.807, 2.05) is 30.3 Å². The van der Waals surface area contributed by atoms with E-state index in [4.69, 9.17) is 5.10 Å². The van der Waals surface area contributed by atoms with E-state index in [2.05, 4.69) is 11.8 Å². The lowest BCUT2D eigenvalue weighted by Crippen LogP contribution is -2.44. The van der Waals surface area contributed by atoms with Gasteiger partial charge in [0.25, 0.3) is 5.91 Å². The number of amides is 1. The summed E-state index contributed by atoms with van der Waals surface area (Å²) in [6, 6.07) is 16.6. The van der Waals surface area contributed by atoms with Crippen LogP contribution in [0.5, 0.6) is 0 Å². The fourth-order valence-electron chi connectivity index (χ4n) is 4.13.